The molecule has 4 rings (SSSR count). The fourth-order valence-electron chi connectivity index (χ4n) is 4.05. The van der Waals surface area contributed by atoms with Gasteiger partial charge in [0, 0.05) is 6.54 Å². The lowest BCUT2D eigenvalue weighted by molar-refractivity contribution is 0.127. The van der Waals surface area contributed by atoms with Gasteiger partial charge in [-0.25, -0.2) is 13.1 Å². The van der Waals surface area contributed by atoms with Crippen molar-refractivity contribution in [3.8, 4) is 0 Å². The predicted molar refractivity (Wildman–Crippen MR) is 139 cm³/mol. The zero-order valence-electron chi connectivity index (χ0n) is 19.6. The van der Waals surface area contributed by atoms with Crippen LogP contribution in [0.4, 0.5) is 0 Å². The van der Waals surface area contributed by atoms with Gasteiger partial charge in [0.25, 0.3) is 0 Å². The normalized spacial score (nSPS) is 14.2. The number of aryl methyl sites for hydroxylation is 1. The Bertz CT molecular complexity index is 1300. The predicted octanol–water partition coefficient (Wildman–Crippen LogP) is 5.08. The lowest BCUT2D eigenvalue weighted by Gasteiger charge is -2.28. The summed E-state index contributed by atoms with van der Waals surface area (Å²) in [7, 11) is -3.76. The highest BCUT2D eigenvalue weighted by Crippen LogP contribution is 2.29. The number of rotatable bonds is 10. The largest absolute Gasteiger partial charge is 0.386 e. The van der Waals surface area contributed by atoms with Crippen molar-refractivity contribution in [2.24, 2.45) is 0 Å². The summed E-state index contributed by atoms with van der Waals surface area (Å²) in [6, 6.07) is 34.4. The van der Waals surface area contributed by atoms with Crippen LogP contribution < -0.4 is 10.0 Å². The first-order chi connectivity index (χ1) is 16.9. The lowest BCUT2D eigenvalue weighted by atomic mass is 9.95. The van der Waals surface area contributed by atoms with Gasteiger partial charge in [0.2, 0.25) is 10.0 Å². The van der Waals surface area contributed by atoms with Crippen LogP contribution in [0.2, 0.25) is 0 Å². The molecule has 3 atom stereocenters. The fraction of sp³-hybridized carbons (Fsp3) is 0.172. The molecule has 0 saturated heterocycles. The van der Waals surface area contributed by atoms with Gasteiger partial charge in [0.1, 0.15) is 0 Å². The third-order valence-corrected chi connectivity index (χ3v) is 7.48. The summed E-state index contributed by atoms with van der Waals surface area (Å²) in [6.45, 7) is 2.20. The van der Waals surface area contributed by atoms with E-state index in [1.54, 1.807) is 24.3 Å². The van der Waals surface area contributed by atoms with Crippen LogP contribution in [-0.2, 0) is 10.0 Å². The second-order valence-corrected chi connectivity index (χ2v) is 10.3. The van der Waals surface area contributed by atoms with Crippen LogP contribution in [-0.4, -0.2) is 20.1 Å². The molecule has 4 aromatic rings. The number of benzene rings is 4. The second kappa shape index (κ2) is 11.4. The van der Waals surface area contributed by atoms with Gasteiger partial charge in [0.05, 0.1) is 23.1 Å². The summed E-state index contributed by atoms with van der Waals surface area (Å²) in [5, 5.41) is 14.7. The number of sulfonamides is 1. The van der Waals surface area contributed by atoms with E-state index >= 15 is 0 Å². The van der Waals surface area contributed by atoms with Crippen LogP contribution in [0.1, 0.15) is 40.4 Å². The first-order valence-corrected chi connectivity index (χ1v) is 13.1. The zero-order valence-corrected chi connectivity index (χ0v) is 20.4. The third-order valence-electron chi connectivity index (χ3n) is 5.99. The Labute approximate surface area is 207 Å². The average molecular weight is 487 g/mol. The average Bonchev–Trinajstić information content (AvgIpc) is 2.90. The Kier molecular flexibility index (Phi) is 8.10. The number of hydrogen-bond donors (Lipinski definition) is 3. The molecule has 180 valence electrons. The van der Waals surface area contributed by atoms with E-state index in [1.807, 2.05) is 97.9 Å². The molecule has 0 aliphatic rings. The quantitative estimate of drug-likeness (QED) is 0.292. The molecular weight excluding hydrogens is 456 g/mol. The fourth-order valence-corrected chi connectivity index (χ4v) is 5.27. The van der Waals surface area contributed by atoms with Crippen LogP contribution in [0, 0.1) is 6.92 Å². The topological polar surface area (TPSA) is 78.4 Å². The van der Waals surface area contributed by atoms with Gasteiger partial charge in [-0.15, -0.1) is 0 Å². The molecule has 0 unspecified atom stereocenters. The maximum atomic E-state index is 13.2. The Morgan fingerprint density at radius 3 is 1.71 bits per heavy atom. The van der Waals surface area contributed by atoms with E-state index in [-0.39, 0.29) is 11.4 Å². The summed E-state index contributed by atoms with van der Waals surface area (Å²) in [4.78, 5) is 0.216. The number of aliphatic hydroxyl groups is 1. The van der Waals surface area contributed by atoms with Crippen molar-refractivity contribution in [1.29, 1.82) is 0 Å². The minimum atomic E-state index is -3.76. The zero-order chi connectivity index (χ0) is 24.7. The molecule has 0 heterocycles. The van der Waals surface area contributed by atoms with Gasteiger partial charge in [-0.2, -0.15) is 0 Å². The maximum Gasteiger partial charge on any atom is 0.241 e. The van der Waals surface area contributed by atoms with Crippen molar-refractivity contribution in [2.75, 3.05) is 6.54 Å². The molecule has 35 heavy (non-hydrogen) atoms. The molecule has 4 aromatic carbocycles. The van der Waals surface area contributed by atoms with Crippen molar-refractivity contribution < 1.29 is 13.5 Å². The molecule has 0 spiro atoms. The highest BCUT2D eigenvalue weighted by Gasteiger charge is 2.26. The molecule has 0 aliphatic heterocycles. The van der Waals surface area contributed by atoms with Gasteiger partial charge < -0.3 is 10.4 Å². The molecular formula is C29H30N2O3S. The summed E-state index contributed by atoms with van der Waals surface area (Å²) >= 11 is 0. The van der Waals surface area contributed by atoms with Gasteiger partial charge in [-0.05, 0) is 35.7 Å². The maximum absolute atomic E-state index is 13.2. The van der Waals surface area contributed by atoms with E-state index in [4.69, 9.17) is 0 Å². The number of aliphatic hydroxyl groups excluding tert-OH is 1. The van der Waals surface area contributed by atoms with E-state index in [1.165, 1.54) is 0 Å². The Hall–Kier alpha value is -3.29. The smallest absolute Gasteiger partial charge is 0.241 e. The molecule has 0 aromatic heterocycles. The number of nitrogens with one attached hydrogen (secondary N) is 2. The third kappa shape index (κ3) is 6.44. The minimum Gasteiger partial charge on any atom is -0.386 e. The summed E-state index contributed by atoms with van der Waals surface area (Å²) in [5.41, 5.74) is 3.52. The highest BCUT2D eigenvalue weighted by molar-refractivity contribution is 7.89. The first kappa shape index (κ1) is 24.8. The summed E-state index contributed by atoms with van der Waals surface area (Å²) in [5.74, 6) is 0. The van der Waals surface area contributed by atoms with Crippen molar-refractivity contribution in [3.05, 3.63) is 138 Å². The van der Waals surface area contributed by atoms with Gasteiger partial charge in [-0.3, -0.25) is 0 Å². The molecule has 0 radical (unpaired) electrons. The van der Waals surface area contributed by atoms with E-state index in [9.17, 15) is 13.5 Å². The first-order valence-electron chi connectivity index (χ1n) is 11.6. The molecule has 0 aliphatic carbocycles. The van der Waals surface area contributed by atoms with Crippen LogP contribution in [0.15, 0.2) is 120 Å². The monoisotopic (exact) mass is 486 g/mol. The van der Waals surface area contributed by atoms with Crippen molar-refractivity contribution in [1.82, 2.24) is 10.0 Å². The van der Waals surface area contributed by atoms with Gasteiger partial charge in [0.15, 0.2) is 0 Å². The molecule has 0 amide bonds. The van der Waals surface area contributed by atoms with E-state index in [2.05, 4.69) is 10.0 Å². The molecule has 0 fully saturated rings. The summed E-state index contributed by atoms with van der Waals surface area (Å²) < 4.78 is 29.3. The molecule has 0 saturated carbocycles. The van der Waals surface area contributed by atoms with Crippen LogP contribution >= 0.6 is 0 Å². The van der Waals surface area contributed by atoms with Crippen LogP contribution in [0.25, 0.3) is 0 Å². The molecule has 6 heteroatoms. The minimum absolute atomic E-state index is 0.216. The van der Waals surface area contributed by atoms with Crippen LogP contribution in [0.3, 0.4) is 0 Å². The van der Waals surface area contributed by atoms with E-state index in [0.29, 0.717) is 0 Å². The van der Waals surface area contributed by atoms with Crippen molar-refractivity contribution >= 4 is 10.0 Å². The molecule has 3 N–H and O–H groups in total. The van der Waals surface area contributed by atoms with E-state index < -0.39 is 28.2 Å². The standard InChI is InChI=1S/C29H30N2O3S/c1-22-17-19-26(20-18-22)35(33,34)31-27(23-11-5-2-6-12-23)21-30-28(24-13-7-3-8-14-24)29(32)25-15-9-4-10-16-25/h2-20,27-32H,21H2,1H3/t27-,28-,29+/m0/s1. The van der Waals surface area contributed by atoms with Crippen molar-refractivity contribution in [3.63, 3.8) is 0 Å². The number of hydrogen-bond acceptors (Lipinski definition) is 4. The van der Waals surface area contributed by atoms with E-state index in [0.717, 1.165) is 22.3 Å². The van der Waals surface area contributed by atoms with Crippen molar-refractivity contribution in [2.45, 2.75) is 30.0 Å². The Morgan fingerprint density at radius 2 is 1.17 bits per heavy atom. The summed E-state index contributed by atoms with van der Waals surface area (Å²) in [6.07, 6.45) is -0.816. The lowest BCUT2D eigenvalue weighted by Crippen LogP contribution is -2.38. The Balaban J connectivity index is 1.61. The van der Waals surface area contributed by atoms with Crippen LogP contribution in [0.5, 0.6) is 0 Å². The van der Waals surface area contributed by atoms with Gasteiger partial charge in [-0.1, -0.05) is 109 Å². The molecule has 0 bridgehead atoms. The highest BCUT2D eigenvalue weighted by atomic mass is 32.2. The second-order valence-electron chi connectivity index (χ2n) is 8.55. The SMILES string of the molecule is Cc1ccc(S(=O)(=O)N[C@@H](CN[C@@H](c2ccccc2)[C@H](O)c2ccccc2)c2ccccc2)cc1. The Morgan fingerprint density at radius 1 is 0.686 bits per heavy atom. The molecule has 5 nitrogen and oxygen atoms in total. The van der Waals surface area contributed by atoms with Gasteiger partial charge >= 0.3 is 0 Å².